The number of hydrogen-bond donors (Lipinski definition) is 2. The van der Waals surface area contributed by atoms with Gasteiger partial charge in [-0.15, -0.1) is 0 Å². The lowest BCUT2D eigenvalue weighted by atomic mass is 10.2. The largest absolute Gasteiger partial charge is 0.350 e. The zero-order valence-corrected chi connectivity index (χ0v) is 12.2. The number of halogens is 1. The van der Waals surface area contributed by atoms with Crippen LogP contribution < -0.4 is 10.6 Å². The molecule has 5 heteroatoms. The molecule has 22 heavy (non-hydrogen) atoms. The lowest BCUT2D eigenvalue weighted by molar-refractivity contribution is -0.122. The van der Waals surface area contributed by atoms with Gasteiger partial charge in [-0.25, -0.2) is 4.39 Å². The van der Waals surface area contributed by atoms with Crippen LogP contribution in [0.15, 0.2) is 54.6 Å². The van der Waals surface area contributed by atoms with Crippen molar-refractivity contribution in [1.29, 1.82) is 0 Å². The molecular weight excluding hydrogens is 283 g/mol. The normalized spacial score (nSPS) is 11.5. The van der Waals surface area contributed by atoms with Crippen LogP contribution in [0.5, 0.6) is 0 Å². The van der Waals surface area contributed by atoms with Gasteiger partial charge in [-0.2, -0.15) is 0 Å². The molecule has 0 aliphatic rings. The molecule has 1 unspecified atom stereocenters. The van der Waals surface area contributed by atoms with E-state index in [0.29, 0.717) is 5.56 Å². The maximum Gasteiger partial charge on any atom is 0.251 e. The molecule has 0 bridgehead atoms. The topological polar surface area (TPSA) is 58.2 Å². The summed E-state index contributed by atoms with van der Waals surface area (Å²) in [5.74, 6) is -0.919. The van der Waals surface area contributed by atoms with E-state index < -0.39 is 6.04 Å². The van der Waals surface area contributed by atoms with Crippen molar-refractivity contribution in [3.8, 4) is 0 Å². The average Bonchev–Trinajstić information content (AvgIpc) is 2.54. The van der Waals surface area contributed by atoms with Crippen molar-refractivity contribution in [2.24, 2.45) is 0 Å². The molecule has 0 spiro atoms. The van der Waals surface area contributed by atoms with Crippen molar-refractivity contribution in [2.45, 2.75) is 19.5 Å². The molecule has 0 radical (unpaired) electrons. The first kappa shape index (κ1) is 15.7. The molecule has 0 aliphatic heterocycles. The summed E-state index contributed by atoms with van der Waals surface area (Å²) in [4.78, 5) is 23.9. The highest BCUT2D eigenvalue weighted by atomic mass is 19.1. The van der Waals surface area contributed by atoms with E-state index in [0.717, 1.165) is 5.56 Å². The molecule has 2 rings (SSSR count). The van der Waals surface area contributed by atoms with E-state index in [2.05, 4.69) is 10.6 Å². The Morgan fingerprint density at radius 2 is 1.68 bits per heavy atom. The molecule has 2 amide bonds. The third-order valence-corrected chi connectivity index (χ3v) is 3.16. The first-order valence-electron chi connectivity index (χ1n) is 6.94. The van der Waals surface area contributed by atoms with Crippen LogP contribution in [0.2, 0.25) is 0 Å². The second-order valence-corrected chi connectivity index (χ2v) is 4.91. The molecule has 0 aromatic heterocycles. The van der Waals surface area contributed by atoms with Crippen LogP contribution in [-0.4, -0.2) is 17.9 Å². The fourth-order valence-electron chi connectivity index (χ4n) is 1.88. The van der Waals surface area contributed by atoms with E-state index in [1.165, 1.54) is 12.1 Å². The first-order valence-corrected chi connectivity index (χ1v) is 6.94. The predicted octanol–water partition coefficient (Wildman–Crippen LogP) is 2.26. The van der Waals surface area contributed by atoms with E-state index >= 15 is 0 Å². The Bertz CT molecular complexity index is 641. The van der Waals surface area contributed by atoms with Crippen molar-refractivity contribution < 1.29 is 14.0 Å². The smallest absolute Gasteiger partial charge is 0.251 e. The van der Waals surface area contributed by atoms with Crippen molar-refractivity contribution in [1.82, 2.24) is 10.6 Å². The summed E-state index contributed by atoms with van der Waals surface area (Å²) >= 11 is 0. The Kier molecular flexibility index (Phi) is 5.25. The molecule has 2 N–H and O–H groups in total. The maximum atomic E-state index is 12.8. The fraction of sp³-hybridized carbons (Fsp3) is 0.176. The molecule has 0 fully saturated rings. The summed E-state index contributed by atoms with van der Waals surface area (Å²) in [6.07, 6.45) is 0. The lowest BCUT2D eigenvalue weighted by Crippen LogP contribution is -2.44. The quantitative estimate of drug-likeness (QED) is 0.890. The zero-order valence-electron chi connectivity index (χ0n) is 12.2. The third kappa shape index (κ3) is 4.41. The van der Waals surface area contributed by atoms with Gasteiger partial charge in [-0.05, 0) is 36.8 Å². The van der Waals surface area contributed by atoms with Gasteiger partial charge in [0.1, 0.15) is 11.9 Å². The van der Waals surface area contributed by atoms with Crippen LogP contribution in [0.25, 0.3) is 0 Å². The summed E-state index contributed by atoms with van der Waals surface area (Å²) in [7, 11) is 0. The molecule has 4 nitrogen and oxygen atoms in total. The molecule has 2 aromatic carbocycles. The minimum atomic E-state index is -0.659. The predicted molar refractivity (Wildman–Crippen MR) is 81.6 cm³/mol. The van der Waals surface area contributed by atoms with Gasteiger partial charge in [0.15, 0.2) is 0 Å². The number of carbonyl (C=O) groups excluding carboxylic acids is 2. The zero-order chi connectivity index (χ0) is 15.9. The molecule has 114 valence electrons. The van der Waals surface area contributed by atoms with Crippen LogP contribution in [0, 0.1) is 5.82 Å². The Labute approximate surface area is 128 Å². The second kappa shape index (κ2) is 7.36. The molecular formula is C17H17FN2O2. The van der Waals surface area contributed by atoms with Gasteiger partial charge in [-0.1, -0.05) is 30.3 Å². The fourth-order valence-corrected chi connectivity index (χ4v) is 1.88. The Morgan fingerprint density at radius 3 is 2.32 bits per heavy atom. The highest BCUT2D eigenvalue weighted by Crippen LogP contribution is 2.02. The van der Waals surface area contributed by atoms with Gasteiger partial charge in [0.2, 0.25) is 5.91 Å². The lowest BCUT2D eigenvalue weighted by Gasteiger charge is -2.14. The van der Waals surface area contributed by atoms with Gasteiger partial charge < -0.3 is 10.6 Å². The van der Waals surface area contributed by atoms with Crippen LogP contribution in [0.4, 0.5) is 4.39 Å². The Hall–Kier alpha value is -2.69. The van der Waals surface area contributed by atoms with E-state index in [-0.39, 0.29) is 24.2 Å². The number of amides is 2. The van der Waals surface area contributed by atoms with Gasteiger partial charge in [0, 0.05) is 12.1 Å². The Balaban J connectivity index is 1.84. The molecule has 0 saturated heterocycles. The van der Waals surface area contributed by atoms with E-state index in [1.807, 2.05) is 6.07 Å². The third-order valence-electron chi connectivity index (χ3n) is 3.16. The van der Waals surface area contributed by atoms with Crippen LogP contribution in [-0.2, 0) is 11.3 Å². The van der Waals surface area contributed by atoms with Crippen molar-refractivity contribution in [3.63, 3.8) is 0 Å². The second-order valence-electron chi connectivity index (χ2n) is 4.91. The van der Waals surface area contributed by atoms with E-state index in [1.54, 1.807) is 43.3 Å². The first-order chi connectivity index (χ1) is 10.6. The van der Waals surface area contributed by atoms with Gasteiger partial charge >= 0.3 is 0 Å². The minimum absolute atomic E-state index is 0.282. The molecule has 0 aliphatic carbocycles. The molecule has 1 atom stereocenters. The molecule has 0 heterocycles. The van der Waals surface area contributed by atoms with Gasteiger partial charge in [0.05, 0.1) is 0 Å². The highest BCUT2D eigenvalue weighted by molar-refractivity contribution is 5.97. The van der Waals surface area contributed by atoms with Gasteiger partial charge in [0.25, 0.3) is 5.91 Å². The maximum absolute atomic E-state index is 12.8. The SMILES string of the molecule is CC(NC(=O)c1ccccc1)C(=O)NCc1ccc(F)cc1. The standard InChI is InChI=1S/C17H17FN2O2/c1-12(20-17(22)14-5-3-2-4-6-14)16(21)19-11-13-7-9-15(18)10-8-13/h2-10,12H,11H2,1H3,(H,19,21)(H,20,22). The Morgan fingerprint density at radius 1 is 1.05 bits per heavy atom. The number of nitrogens with one attached hydrogen (secondary N) is 2. The van der Waals surface area contributed by atoms with E-state index in [9.17, 15) is 14.0 Å². The van der Waals surface area contributed by atoms with Crippen LogP contribution >= 0.6 is 0 Å². The average molecular weight is 300 g/mol. The number of benzene rings is 2. The van der Waals surface area contributed by atoms with Crippen LogP contribution in [0.3, 0.4) is 0 Å². The molecule has 0 saturated carbocycles. The summed E-state index contributed by atoms with van der Waals surface area (Å²) in [5, 5.41) is 5.33. The number of hydrogen-bond acceptors (Lipinski definition) is 2. The summed E-state index contributed by atoms with van der Waals surface area (Å²) in [6.45, 7) is 1.89. The highest BCUT2D eigenvalue weighted by Gasteiger charge is 2.16. The van der Waals surface area contributed by atoms with Gasteiger partial charge in [-0.3, -0.25) is 9.59 Å². The summed E-state index contributed by atoms with van der Waals surface area (Å²) < 4.78 is 12.8. The van der Waals surface area contributed by atoms with Crippen LogP contribution in [0.1, 0.15) is 22.8 Å². The minimum Gasteiger partial charge on any atom is -0.350 e. The number of carbonyl (C=O) groups is 2. The summed E-state index contributed by atoms with van der Waals surface area (Å²) in [6, 6.07) is 13.9. The van der Waals surface area contributed by atoms with Crippen molar-refractivity contribution in [2.75, 3.05) is 0 Å². The van der Waals surface area contributed by atoms with Crippen molar-refractivity contribution >= 4 is 11.8 Å². The van der Waals surface area contributed by atoms with E-state index in [4.69, 9.17) is 0 Å². The summed E-state index contributed by atoms with van der Waals surface area (Å²) in [5.41, 5.74) is 1.29. The molecule has 2 aromatic rings. The number of rotatable bonds is 5. The monoisotopic (exact) mass is 300 g/mol. The van der Waals surface area contributed by atoms with Crippen molar-refractivity contribution in [3.05, 3.63) is 71.5 Å².